The Morgan fingerprint density at radius 1 is 0.913 bits per heavy atom. The molecule has 0 saturated heterocycles. The zero-order chi connectivity index (χ0) is 17.4. The predicted octanol–water partition coefficient (Wildman–Crippen LogP) is 5.84. The van der Waals surface area contributed by atoms with E-state index < -0.39 is 0 Å². The van der Waals surface area contributed by atoms with Crippen molar-refractivity contribution in [3.63, 3.8) is 0 Å². The van der Waals surface area contributed by atoms with Gasteiger partial charge in [-0.05, 0) is 35.5 Å². The Morgan fingerprint density at radius 2 is 1.48 bits per heavy atom. The fraction of sp³-hybridized carbons (Fsp3) is 0.550. The molecule has 0 radical (unpaired) electrons. The lowest BCUT2D eigenvalue weighted by molar-refractivity contribution is 0.538. The van der Waals surface area contributed by atoms with E-state index in [2.05, 4.69) is 95.5 Å². The van der Waals surface area contributed by atoms with E-state index in [4.69, 9.17) is 0 Å². The molecule has 0 fully saturated rings. The van der Waals surface area contributed by atoms with Gasteiger partial charge in [-0.1, -0.05) is 73.7 Å². The number of hydrogen-bond acceptors (Lipinski definition) is 1. The Hall–Kier alpha value is -1.14. The van der Waals surface area contributed by atoms with Crippen LogP contribution in [0.5, 0.6) is 0 Å². The van der Waals surface area contributed by atoms with E-state index in [0.717, 1.165) is 0 Å². The highest BCUT2D eigenvalue weighted by molar-refractivity contribution is 7.68. The maximum Gasteiger partial charge on any atom is 0.0691 e. The van der Waals surface area contributed by atoms with Crippen molar-refractivity contribution in [1.82, 2.24) is 9.78 Å². The molecule has 0 saturated carbocycles. The molecule has 126 valence electrons. The van der Waals surface area contributed by atoms with Gasteiger partial charge in [0, 0.05) is 17.8 Å². The Bertz CT molecular complexity index is 643. The highest BCUT2D eigenvalue weighted by Gasteiger charge is 2.37. The molecule has 0 amide bonds. The summed E-state index contributed by atoms with van der Waals surface area (Å²) in [5.74, 6) is 0. The van der Waals surface area contributed by atoms with Crippen LogP contribution in [-0.2, 0) is 0 Å². The van der Waals surface area contributed by atoms with E-state index in [9.17, 15) is 0 Å². The molecular weight excluding hydrogens is 299 g/mol. The predicted molar refractivity (Wildman–Crippen MR) is 104 cm³/mol. The van der Waals surface area contributed by atoms with Crippen LogP contribution >= 0.6 is 7.92 Å². The van der Waals surface area contributed by atoms with Crippen LogP contribution in [0.15, 0.2) is 36.5 Å². The molecule has 0 aliphatic carbocycles. The summed E-state index contributed by atoms with van der Waals surface area (Å²) >= 11 is 0. The van der Waals surface area contributed by atoms with Crippen LogP contribution in [0.2, 0.25) is 0 Å². The van der Waals surface area contributed by atoms with Crippen molar-refractivity contribution >= 4 is 13.2 Å². The molecule has 2 rings (SSSR count). The van der Waals surface area contributed by atoms with Crippen LogP contribution in [0.3, 0.4) is 0 Å². The van der Waals surface area contributed by atoms with Gasteiger partial charge >= 0.3 is 0 Å². The van der Waals surface area contributed by atoms with Gasteiger partial charge in [0.1, 0.15) is 0 Å². The van der Waals surface area contributed by atoms with Crippen molar-refractivity contribution in [2.24, 2.45) is 0 Å². The van der Waals surface area contributed by atoms with Gasteiger partial charge in [-0.2, -0.15) is 5.10 Å². The Morgan fingerprint density at radius 3 is 2.00 bits per heavy atom. The van der Waals surface area contributed by atoms with Crippen LogP contribution < -0.4 is 5.30 Å². The lowest BCUT2D eigenvalue weighted by Gasteiger charge is -2.42. The van der Waals surface area contributed by atoms with Crippen molar-refractivity contribution in [3.05, 3.63) is 36.5 Å². The van der Waals surface area contributed by atoms with Gasteiger partial charge in [0.2, 0.25) is 0 Å². The zero-order valence-electron chi connectivity index (χ0n) is 15.9. The van der Waals surface area contributed by atoms with Crippen LogP contribution in [0.25, 0.3) is 11.3 Å². The summed E-state index contributed by atoms with van der Waals surface area (Å²) in [6.45, 7) is 18.6. The monoisotopic (exact) mass is 330 g/mol. The van der Waals surface area contributed by atoms with Gasteiger partial charge in [-0.25, -0.2) is 0 Å². The molecule has 0 atom stereocenters. The molecule has 1 aromatic carbocycles. The van der Waals surface area contributed by atoms with E-state index >= 15 is 0 Å². The number of rotatable bonds is 3. The highest BCUT2D eigenvalue weighted by Crippen LogP contribution is 2.59. The quantitative estimate of drug-likeness (QED) is 0.647. The molecule has 2 nitrogen and oxygen atoms in total. The molecule has 0 N–H and O–H groups in total. The van der Waals surface area contributed by atoms with Gasteiger partial charge in [0.25, 0.3) is 0 Å². The van der Waals surface area contributed by atoms with Gasteiger partial charge in [0.05, 0.1) is 5.69 Å². The molecule has 1 aromatic heterocycles. The fourth-order valence-corrected chi connectivity index (χ4v) is 7.68. The molecule has 0 bridgehead atoms. The van der Waals surface area contributed by atoms with Crippen LogP contribution in [0, 0.1) is 0 Å². The molecular formula is C20H31N2P. The van der Waals surface area contributed by atoms with E-state index in [1.807, 2.05) is 6.20 Å². The number of aromatic nitrogens is 2. The third-order valence-corrected chi connectivity index (χ3v) is 7.48. The molecule has 23 heavy (non-hydrogen) atoms. The minimum atomic E-state index is -0.336. The van der Waals surface area contributed by atoms with Crippen LogP contribution in [0.4, 0.5) is 0 Å². The van der Waals surface area contributed by atoms with E-state index in [0.29, 0.717) is 6.04 Å². The minimum Gasteiger partial charge on any atom is -0.262 e. The first-order valence-corrected chi connectivity index (χ1v) is 9.81. The van der Waals surface area contributed by atoms with Gasteiger partial charge < -0.3 is 0 Å². The number of nitrogens with zero attached hydrogens (tertiary/aromatic N) is 2. The van der Waals surface area contributed by atoms with Gasteiger partial charge in [-0.3, -0.25) is 4.68 Å². The van der Waals surface area contributed by atoms with E-state index in [-0.39, 0.29) is 18.2 Å². The molecule has 3 heteroatoms. The molecule has 0 unspecified atom stereocenters. The average molecular weight is 330 g/mol. The fourth-order valence-electron chi connectivity index (χ4n) is 3.55. The van der Waals surface area contributed by atoms with E-state index in [1.54, 1.807) is 0 Å². The van der Waals surface area contributed by atoms with Crippen molar-refractivity contribution < 1.29 is 0 Å². The van der Waals surface area contributed by atoms with Crippen LogP contribution in [-0.4, -0.2) is 20.1 Å². The lowest BCUT2D eigenvalue weighted by Crippen LogP contribution is -2.32. The second-order valence-electron chi connectivity index (χ2n) is 8.45. The second kappa shape index (κ2) is 6.40. The third kappa shape index (κ3) is 3.86. The summed E-state index contributed by atoms with van der Waals surface area (Å²) in [5, 5.41) is 6.54. The molecule has 0 aliphatic rings. The Kier molecular flexibility index (Phi) is 5.06. The summed E-state index contributed by atoms with van der Waals surface area (Å²) in [7, 11) is -0.336. The normalized spacial score (nSPS) is 13.1. The third-order valence-electron chi connectivity index (χ3n) is 3.92. The summed E-state index contributed by atoms with van der Waals surface area (Å²) < 4.78 is 2.14. The second-order valence-corrected chi connectivity index (χ2v) is 12.3. The molecule has 0 aliphatic heterocycles. The average Bonchev–Trinajstić information content (AvgIpc) is 2.85. The molecule has 0 spiro atoms. The lowest BCUT2D eigenvalue weighted by atomic mass is 10.1. The number of benzene rings is 1. The first-order chi connectivity index (χ1) is 10.5. The highest BCUT2D eigenvalue weighted by atomic mass is 31.1. The first-order valence-electron chi connectivity index (χ1n) is 8.46. The Labute approximate surface area is 143 Å². The first kappa shape index (κ1) is 18.2. The molecule has 1 heterocycles. The summed E-state index contributed by atoms with van der Waals surface area (Å²) in [6, 6.07) is 11.4. The van der Waals surface area contributed by atoms with Crippen molar-refractivity contribution in [2.45, 2.75) is 71.7 Å². The van der Waals surface area contributed by atoms with Crippen molar-refractivity contribution in [3.8, 4) is 11.3 Å². The van der Waals surface area contributed by atoms with Gasteiger partial charge in [-0.15, -0.1) is 0 Å². The SMILES string of the molecule is CC(C)n1nccc1-c1ccccc1P(C(C)(C)C)C(C)(C)C. The summed E-state index contributed by atoms with van der Waals surface area (Å²) in [4.78, 5) is 0. The summed E-state index contributed by atoms with van der Waals surface area (Å²) in [5.41, 5.74) is 2.58. The maximum atomic E-state index is 4.54. The summed E-state index contributed by atoms with van der Waals surface area (Å²) in [6.07, 6.45) is 1.92. The molecule has 2 aromatic rings. The van der Waals surface area contributed by atoms with Crippen molar-refractivity contribution in [1.29, 1.82) is 0 Å². The van der Waals surface area contributed by atoms with Crippen LogP contribution in [0.1, 0.15) is 61.4 Å². The zero-order valence-corrected chi connectivity index (χ0v) is 16.8. The Balaban J connectivity index is 2.68. The topological polar surface area (TPSA) is 17.8 Å². The number of hydrogen-bond donors (Lipinski definition) is 0. The smallest absolute Gasteiger partial charge is 0.0691 e. The standard InChI is InChI=1S/C20H31N2P/c1-15(2)22-17(13-14-21-22)16-11-9-10-12-18(16)23(19(3,4)5)20(6,7)8/h9-15H,1-8H3. The van der Waals surface area contributed by atoms with Gasteiger partial charge in [0.15, 0.2) is 0 Å². The van der Waals surface area contributed by atoms with E-state index in [1.165, 1.54) is 16.6 Å². The minimum absolute atomic E-state index is 0.256. The maximum absolute atomic E-state index is 4.54. The largest absolute Gasteiger partial charge is 0.262 e. The van der Waals surface area contributed by atoms with Crippen molar-refractivity contribution in [2.75, 3.05) is 0 Å².